The minimum absolute atomic E-state index is 0.0610. The zero-order valence-electron chi connectivity index (χ0n) is 27.9. The van der Waals surface area contributed by atoms with Gasteiger partial charge in [0.1, 0.15) is 83.5 Å². The summed E-state index contributed by atoms with van der Waals surface area (Å²) in [5.74, 6) is -3.50. The number of benzene rings is 2. The van der Waals surface area contributed by atoms with Crippen molar-refractivity contribution >= 4 is 11.0 Å². The number of aliphatic hydroxyl groups excluding tert-OH is 8. The van der Waals surface area contributed by atoms with E-state index in [1.54, 1.807) is 0 Å². The van der Waals surface area contributed by atoms with Crippen LogP contribution in [0.15, 0.2) is 39.5 Å². The average molecular weight is 757 g/mol. The lowest BCUT2D eigenvalue weighted by Crippen LogP contribution is -2.63. The van der Waals surface area contributed by atoms with Gasteiger partial charge in [-0.05, 0) is 32.0 Å². The molecule has 53 heavy (non-hydrogen) atoms. The van der Waals surface area contributed by atoms with E-state index in [2.05, 4.69) is 0 Å². The van der Waals surface area contributed by atoms with Crippen molar-refractivity contribution in [3.05, 3.63) is 40.6 Å². The van der Waals surface area contributed by atoms with Gasteiger partial charge in [-0.15, -0.1) is 0 Å². The molecule has 12 N–H and O–H groups in total. The molecule has 0 bridgehead atoms. The second-order valence-corrected chi connectivity index (χ2v) is 13.1. The highest BCUT2D eigenvalue weighted by atomic mass is 16.7. The molecule has 0 aliphatic carbocycles. The van der Waals surface area contributed by atoms with Crippen molar-refractivity contribution in [1.82, 2.24) is 0 Å². The molecule has 0 unspecified atom stereocenters. The van der Waals surface area contributed by atoms with Crippen LogP contribution in [0, 0.1) is 0 Å². The average Bonchev–Trinajstić information content (AvgIpc) is 3.11. The van der Waals surface area contributed by atoms with Crippen molar-refractivity contribution in [2.24, 2.45) is 0 Å². The molecule has 3 fully saturated rings. The third-order valence-corrected chi connectivity index (χ3v) is 9.36. The van der Waals surface area contributed by atoms with E-state index in [0.29, 0.717) is 0 Å². The molecule has 292 valence electrons. The van der Waals surface area contributed by atoms with E-state index in [1.807, 2.05) is 0 Å². The summed E-state index contributed by atoms with van der Waals surface area (Å²) < 4.78 is 39.5. The van der Waals surface area contributed by atoms with Crippen LogP contribution in [0.2, 0.25) is 0 Å². The molecule has 3 aliphatic heterocycles. The number of phenolic OH excluding ortho intramolecular Hbond substituents is 4. The number of aliphatic hydroxyl groups is 8. The van der Waals surface area contributed by atoms with Gasteiger partial charge < -0.3 is 94.1 Å². The lowest BCUT2D eigenvalue weighted by molar-refractivity contribution is -0.357. The molecule has 3 aromatic rings. The molecular weight excluding hydrogens is 716 g/mol. The van der Waals surface area contributed by atoms with E-state index in [9.17, 15) is 66.1 Å². The Morgan fingerprint density at radius 2 is 1.28 bits per heavy atom. The molecule has 20 nitrogen and oxygen atoms in total. The minimum atomic E-state index is -2.03. The smallest absolute Gasteiger partial charge is 0.239 e. The Balaban J connectivity index is 1.20. The van der Waals surface area contributed by atoms with Crippen LogP contribution in [-0.2, 0) is 23.7 Å². The Kier molecular flexibility index (Phi) is 11.1. The van der Waals surface area contributed by atoms with E-state index in [4.69, 9.17) is 32.8 Å². The number of fused-ring (bicyclic) bond motifs is 1. The van der Waals surface area contributed by atoms with Crippen molar-refractivity contribution in [3.63, 3.8) is 0 Å². The van der Waals surface area contributed by atoms with Crippen molar-refractivity contribution in [2.75, 3.05) is 6.61 Å². The van der Waals surface area contributed by atoms with Gasteiger partial charge in [-0.3, -0.25) is 4.79 Å². The van der Waals surface area contributed by atoms with Crippen LogP contribution in [0.25, 0.3) is 22.3 Å². The van der Waals surface area contributed by atoms with Crippen molar-refractivity contribution in [1.29, 1.82) is 0 Å². The van der Waals surface area contributed by atoms with Crippen LogP contribution in [0.4, 0.5) is 0 Å². The summed E-state index contributed by atoms with van der Waals surface area (Å²) in [6.07, 6.45) is -24.2. The van der Waals surface area contributed by atoms with Crippen LogP contribution in [-0.4, -0.2) is 160 Å². The van der Waals surface area contributed by atoms with Gasteiger partial charge in [-0.25, -0.2) is 0 Å². The SMILES string of the molecule is C[C@@H]1O[C@@H](O[C@@H]2[C@@H](O)[C@H](O)[C@H](OC[C@H]3O[C@H](Oc4c(-c5ccc(O)c(O)c5)oc5cc(O)cc(O)c5c4=O)[C@H](O)[C@@H](O)[C@H]3O)O[C@H]2C)[C@@H](O)[C@H](O)[C@H]1O. The summed E-state index contributed by atoms with van der Waals surface area (Å²) in [4.78, 5) is 13.7. The lowest BCUT2D eigenvalue weighted by atomic mass is 9.97. The summed E-state index contributed by atoms with van der Waals surface area (Å²) in [5.41, 5.74) is -1.44. The van der Waals surface area contributed by atoms with Gasteiger partial charge in [0.2, 0.25) is 17.5 Å². The maximum Gasteiger partial charge on any atom is 0.239 e. The van der Waals surface area contributed by atoms with Crippen molar-refractivity contribution in [2.45, 2.75) is 106 Å². The van der Waals surface area contributed by atoms with Gasteiger partial charge in [0, 0.05) is 17.7 Å². The molecular formula is C33H40O20. The molecule has 0 radical (unpaired) electrons. The Bertz CT molecular complexity index is 1830. The van der Waals surface area contributed by atoms with Gasteiger partial charge >= 0.3 is 0 Å². The summed E-state index contributed by atoms with van der Waals surface area (Å²) in [6, 6.07) is 5.16. The zero-order chi connectivity index (χ0) is 38.6. The number of hydrogen-bond acceptors (Lipinski definition) is 20. The predicted octanol–water partition coefficient (Wildman–Crippen LogP) is -2.84. The van der Waals surface area contributed by atoms with Gasteiger partial charge in [-0.2, -0.15) is 0 Å². The lowest BCUT2D eigenvalue weighted by Gasteiger charge is -2.46. The summed E-state index contributed by atoms with van der Waals surface area (Å²) in [6.45, 7) is 2.16. The second kappa shape index (κ2) is 15.1. The highest BCUT2D eigenvalue weighted by Crippen LogP contribution is 2.40. The van der Waals surface area contributed by atoms with E-state index >= 15 is 0 Å². The van der Waals surface area contributed by atoms with Crippen LogP contribution in [0.3, 0.4) is 0 Å². The normalized spacial score (nSPS) is 37.8. The van der Waals surface area contributed by atoms with E-state index in [-0.39, 0.29) is 11.1 Å². The second-order valence-electron chi connectivity index (χ2n) is 13.1. The van der Waals surface area contributed by atoms with E-state index in [0.717, 1.165) is 24.3 Å². The molecule has 20 heteroatoms. The third-order valence-electron chi connectivity index (χ3n) is 9.36. The molecule has 6 rings (SSSR count). The molecule has 3 saturated heterocycles. The predicted molar refractivity (Wildman–Crippen MR) is 171 cm³/mol. The molecule has 15 atom stereocenters. The van der Waals surface area contributed by atoms with Gasteiger partial charge in [0.25, 0.3) is 0 Å². The number of hydrogen-bond donors (Lipinski definition) is 12. The minimum Gasteiger partial charge on any atom is -0.508 e. The molecule has 0 amide bonds. The first-order valence-corrected chi connectivity index (χ1v) is 16.4. The molecule has 0 saturated carbocycles. The molecule has 3 aliphatic rings. The molecule has 0 spiro atoms. The number of aromatic hydroxyl groups is 4. The first-order valence-electron chi connectivity index (χ1n) is 16.4. The van der Waals surface area contributed by atoms with Gasteiger partial charge in [0.15, 0.2) is 29.8 Å². The molecule has 4 heterocycles. The summed E-state index contributed by atoms with van der Waals surface area (Å²) in [7, 11) is 0. The Labute approximate surface area is 298 Å². The van der Waals surface area contributed by atoms with Crippen LogP contribution in [0.5, 0.6) is 28.7 Å². The van der Waals surface area contributed by atoms with Crippen LogP contribution < -0.4 is 10.2 Å². The quantitative estimate of drug-likeness (QED) is 0.103. The molecule has 1 aromatic heterocycles. The monoisotopic (exact) mass is 756 g/mol. The number of ether oxygens (including phenoxy) is 6. The highest BCUT2D eigenvalue weighted by Gasteiger charge is 2.51. The van der Waals surface area contributed by atoms with Gasteiger partial charge in [-0.1, -0.05) is 0 Å². The van der Waals surface area contributed by atoms with Crippen LogP contribution in [0.1, 0.15) is 13.8 Å². The Morgan fingerprint density at radius 1 is 0.642 bits per heavy atom. The fourth-order valence-electron chi connectivity index (χ4n) is 6.30. The van der Waals surface area contributed by atoms with Crippen molar-refractivity contribution in [3.8, 4) is 40.1 Å². The fourth-order valence-corrected chi connectivity index (χ4v) is 6.30. The summed E-state index contributed by atoms with van der Waals surface area (Å²) >= 11 is 0. The zero-order valence-corrected chi connectivity index (χ0v) is 27.9. The maximum absolute atomic E-state index is 13.7. The van der Waals surface area contributed by atoms with Crippen molar-refractivity contribution < 1.29 is 94.1 Å². The first kappa shape index (κ1) is 38.8. The first-order chi connectivity index (χ1) is 25.0. The number of rotatable bonds is 8. The van der Waals surface area contributed by atoms with E-state index in [1.165, 1.54) is 19.9 Å². The highest BCUT2D eigenvalue weighted by molar-refractivity contribution is 5.88. The third kappa shape index (κ3) is 7.34. The van der Waals surface area contributed by atoms with Crippen LogP contribution >= 0.6 is 0 Å². The summed E-state index contributed by atoms with van der Waals surface area (Å²) in [5, 5.41) is 124. The Morgan fingerprint density at radius 3 is 1.98 bits per heavy atom. The van der Waals surface area contributed by atoms with Gasteiger partial charge in [0.05, 0.1) is 18.8 Å². The largest absolute Gasteiger partial charge is 0.508 e. The Hall–Kier alpha value is -3.87. The number of phenols is 4. The fraction of sp³-hybridized carbons (Fsp3) is 0.545. The standard InChI is InChI=1S/C33H40O20/c1-9-19(38)22(41)25(44)32(48-9)52-28-10(2)49-31(27(46)24(28)43)47-8-17-20(39)23(42)26(45)33(51-17)53-30-21(40)18-15(37)6-12(34)7-16(18)50-29(30)11-3-4-13(35)14(36)5-11/h3-7,9-10,17,19-20,22-28,31-39,41-46H,8H2,1-2H3/t9-,10-,17+,19-,20-,22+,23-,24-,25-,26+,27-,28-,31+,32-,33+/m0/s1. The topological polar surface area (TPSA) is 328 Å². The molecule has 2 aromatic carbocycles. The maximum atomic E-state index is 13.7. The van der Waals surface area contributed by atoms with E-state index < -0.39 is 144 Å².